The van der Waals surface area contributed by atoms with Gasteiger partial charge in [0.1, 0.15) is 18.2 Å². The van der Waals surface area contributed by atoms with Gasteiger partial charge >= 0.3 is 0 Å². The quantitative estimate of drug-likeness (QED) is 0.263. The topological polar surface area (TPSA) is 21.4 Å². The summed E-state index contributed by atoms with van der Waals surface area (Å²) in [6, 6.07) is 6.03. The van der Waals surface area contributed by atoms with Crippen LogP contribution in [-0.2, 0) is 13.4 Å². The molecule has 4 aromatic rings. The van der Waals surface area contributed by atoms with E-state index in [1.54, 1.807) is 51.4 Å². The Morgan fingerprint density at radius 1 is 1.23 bits per heavy atom. The summed E-state index contributed by atoms with van der Waals surface area (Å²) in [5.41, 5.74) is 1.81. The number of aromatic nitrogens is 1. The van der Waals surface area contributed by atoms with Gasteiger partial charge in [0.25, 0.3) is 0 Å². The van der Waals surface area contributed by atoms with Crippen molar-refractivity contribution < 1.29 is 21.3 Å². The highest BCUT2D eigenvalue weighted by atomic mass is 16.3. The molecule has 0 N–H and O–H groups in total. The molecule has 2 heterocycles. The first kappa shape index (κ1) is 11.9. The fourth-order valence-corrected chi connectivity index (χ4v) is 3.82. The molecule has 0 bridgehead atoms. The fourth-order valence-electron chi connectivity index (χ4n) is 3.82. The molecule has 152 valence electrons. The van der Waals surface area contributed by atoms with E-state index in [2.05, 4.69) is 4.85 Å². The van der Waals surface area contributed by atoms with Crippen LogP contribution in [0.3, 0.4) is 0 Å². The highest BCUT2D eigenvalue weighted by molar-refractivity contribution is 6.11. The number of hydrogen-bond acceptors (Lipinski definition) is 1. The lowest BCUT2D eigenvalue weighted by atomic mass is 9.93. The summed E-state index contributed by atoms with van der Waals surface area (Å²) in [5.74, 6) is -0.625. The van der Waals surface area contributed by atoms with Crippen LogP contribution in [0.5, 0.6) is 0 Å². The first-order chi connectivity index (χ1) is 17.8. The summed E-state index contributed by atoms with van der Waals surface area (Å²) < 4.78 is 83.4. The molecule has 30 heavy (non-hydrogen) atoms. The lowest BCUT2D eigenvalue weighted by molar-refractivity contribution is -0.667. The van der Waals surface area contributed by atoms with Crippen molar-refractivity contribution in [2.45, 2.75) is 47.8 Å². The van der Waals surface area contributed by atoms with Crippen LogP contribution in [0.4, 0.5) is 5.69 Å². The predicted molar refractivity (Wildman–Crippen MR) is 124 cm³/mol. The first-order valence-electron chi connectivity index (χ1n) is 14.3. The second-order valence-electron chi connectivity index (χ2n) is 7.88. The SMILES string of the molecule is [2H]c1c(C([2H])([2H])C(C)C)c(C([2H])([2H])[2H])c(C)[n+](C)c1-c1c(C)ccc2c1oc1cc([N+]#[C-])cc(C([2H])([2H])[2H])c12. The smallest absolute Gasteiger partial charge is 0.216 e. The average Bonchev–Trinajstić information content (AvgIpc) is 3.18. The molecule has 0 saturated heterocycles. The largest absolute Gasteiger partial charge is 0.456 e. The molecule has 0 saturated carbocycles. The highest BCUT2D eigenvalue weighted by Crippen LogP contribution is 2.40. The normalized spacial score (nSPS) is 17.3. The molecule has 0 spiro atoms. The van der Waals surface area contributed by atoms with Crippen LogP contribution in [0.15, 0.2) is 34.7 Å². The van der Waals surface area contributed by atoms with Gasteiger partial charge in [0.05, 0.1) is 13.5 Å². The van der Waals surface area contributed by atoms with E-state index in [0.717, 1.165) is 0 Å². The van der Waals surface area contributed by atoms with Crippen LogP contribution in [0, 0.1) is 40.0 Å². The monoisotopic (exact) mass is 406 g/mol. The second kappa shape index (κ2) is 7.29. The third kappa shape index (κ3) is 3.08. The molecule has 2 aromatic heterocycles. The van der Waals surface area contributed by atoms with E-state index in [1.807, 2.05) is 0 Å². The molecule has 0 unspecified atom stereocenters. The molecule has 3 nitrogen and oxygen atoms in total. The van der Waals surface area contributed by atoms with E-state index >= 15 is 0 Å². The van der Waals surface area contributed by atoms with Crippen molar-refractivity contribution in [1.29, 1.82) is 0 Å². The maximum absolute atomic E-state index is 9.22. The van der Waals surface area contributed by atoms with E-state index in [4.69, 9.17) is 22.0 Å². The van der Waals surface area contributed by atoms with Gasteiger partial charge in [0, 0.05) is 40.3 Å². The summed E-state index contributed by atoms with van der Waals surface area (Å²) in [6.07, 6.45) is -2.14. The minimum Gasteiger partial charge on any atom is -0.456 e. The Labute approximate surface area is 191 Å². The molecule has 0 radical (unpaired) electrons. The number of aryl methyl sites for hydroxylation is 2. The van der Waals surface area contributed by atoms with Crippen LogP contribution in [0.25, 0.3) is 38.0 Å². The van der Waals surface area contributed by atoms with Gasteiger partial charge < -0.3 is 4.42 Å². The van der Waals surface area contributed by atoms with Crippen molar-refractivity contribution in [2.24, 2.45) is 13.0 Å². The molecule has 0 amide bonds. The van der Waals surface area contributed by atoms with Crippen LogP contribution < -0.4 is 4.57 Å². The predicted octanol–water partition coefficient (Wildman–Crippen LogP) is 7.06. The number of hydrogen-bond donors (Lipinski definition) is 0. The minimum absolute atomic E-state index is 0.0271. The molecular formula is C27H29N2O+. The Hall–Kier alpha value is -3.12. The Bertz CT molecular complexity index is 1690. The van der Waals surface area contributed by atoms with Gasteiger partial charge in [-0.1, -0.05) is 32.0 Å². The molecule has 0 atom stereocenters. The third-order valence-corrected chi connectivity index (χ3v) is 5.43. The Morgan fingerprint density at radius 2 is 2.03 bits per heavy atom. The molecule has 0 aliphatic heterocycles. The van der Waals surface area contributed by atoms with Gasteiger partial charge in [-0.25, -0.2) is 4.85 Å². The van der Waals surface area contributed by atoms with Gasteiger partial charge in [-0.15, -0.1) is 0 Å². The standard InChI is InChI=1S/C27H29N2O/c1-15(2)11-20-13-23(29(8)19(6)18(20)5)26-16(3)9-10-22-25-17(4)12-21(28-7)14-24(25)30-27(22)26/h9-10,12-15H,11H2,1-6,8H3/q+1/i4D3,5D3,11D2,13D. The van der Waals surface area contributed by atoms with Gasteiger partial charge in [0.15, 0.2) is 11.4 Å². The Kier molecular flexibility index (Phi) is 2.89. The summed E-state index contributed by atoms with van der Waals surface area (Å²) >= 11 is 0. The van der Waals surface area contributed by atoms with Crippen molar-refractivity contribution in [1.82, 2.24) is 0 Å². The summed E-state index contributed by atoms with van der Waals surface area (Å²) in [6.45, 7) is 8.89. The number of fused-ring (bicyclic) bond motifs is 3. The average molecular weight is 407 g/mol. The van der Waals surface area contributed by atoms with E-state index in [1.165, 1.54) is 12.1 Å². The lowest BCUT2D eigenvalue weighted by Gasteiger charge is -2.14. The van der Waals surface area contributed by atoms with Crippen molar-refractivity contribution in [3.05, 3.63) is 69.7 Å². The number of nitrogens with zero attached hydrogens (tertiary/aromatic N) is 2. The number of benzene rings is 2. The van der Waals surface area contributed by atoms with Crippen LogP contribution in [0.2, 0.25) is 0 Å². The summed E-state index contributed by atoms with van der Waals surface area (Å²) in [4.78, 5) is 3.40. The summed E-state index contributed by atoms with van der Waals surface area (Å²) in [7, 11) is 1.62. The van der Waals surface area contributed by atoms with Crippen molar-refractivity contribution in [3.8, 4) is 11.3 Å². The van der Waals surface area contributed by atoms with Crippen molar-refractivity contribution in [2.75, 3.05) is 0 Å². The number of furan rings is 1. The van der Waals surface area contributed by atoms with Crippen LogP contribution in [0.1, 0.15) is 54.1 Å². The van der Waals surface area contributed by atoms with Crippen molar-refractivity contribution in [3.63, 3.8) is 0 Å². The molecule has 2 aromatic carbocycles. The molecule has 0 aliphatic rings. The zero-order valence-corrected chi connectivity index (χ0v) is 17.7. The summed E-state index contributed by atoms with van der Waals surface area (Å²) in [5, 5.41) is 0.806. The highest BCUT2D eigenvalue weighted by Gasteiger charge is 2.25. The fraction of sp³-hybridized carbons (Fsp3) is 0.333. The van der Waals surface area contributed by atoms with Crippen LogP contribution >= 0.6 is 0 Å². The molecule has 0 aliphatic carbocycles. The third-order valence-electron chi connectivity index (χ3n) is 5.43. The van der Waals surface area contributed by atoms with Crippen LogP contribution in [-0.4, -0.2) is 0 Å². The van der Waals surface area contributed by atoms with E-state index < -0.39 is 26.0 Å². The zero-order valence-electron chi connectivity index (χ0n) is 26.7. The van der Waals surface area contributed by atoms with E-state index in [0.29, 0.717) is 21.9 Å². The number of pyridine rings is 1. The molecule has 4 rings (SSSR count). The van der Waals surface area contributed by atoms with Gasteiger partial charge in [-0.2, -0.15) is 4.57 Å². The van der Waals surface area contributed by atoms with Gasteiger partial charge in [0.2, 0.25) is 5.69 Å². The minimum atomic E-state index is -2.67. The molecule has 3 heteroatoms. The molecular weight excluding hydrogens is 368 g/mol. The Balaban J connectivity index is 2.26. The first-order valence-corrected chi connectivity index (χ1v) is 9.76. The Morgan fingerprint density at radius 3 is 2.70 bits per heavy atom. The second-order valence-corrected chi connectivity index (χ2v) is 7.88. The van der Waals surface area contributed by atoms with Gasteiger partial charge in [-0.3, -0.25) is 0 Å². The maximum Gasteiger partial charge on any atom is 0.216 e. The van der Waals surface area contributed by atoms with E-state index in [-0.39, 0.29) is 51.0 Å². The lowest BCUT2D eigenvalue weighted by Crippen LogP contribution is -2.36. The zero-order chi connectivity index (χ0) is 29.4. The maximum atomic E-state index is 9.22. The van der Waals surface area contributed by atoms with Crippen molar-refractivity contribution >= 4 is 27.6 Å². The van der Waals surface area contributed by atoms with E-state index in [9.17, 15) is 1.37 Å². The van der Waals surface area contributed by atoms with Gasteiger partial charge in [-0.05, 0) is 55.7 Å². The molecule has 0 fully saturated rings. The number of rotatable bonds is 3.